The van der Waals surface area contributed by atoms with Crippen molar-refractivity contribution in [1.82, 2.24) is 5.32 Å². The van der Waals surface area contributed by atoms with Crippen molar-refractivity contribution in [3.8, 4) is 0 Å². The van der Waals surface area contributed by atoms with Crippen LogP contribution in [-0.2, 0) is 9.84 Å². The molecule has 7 heteroatoms. The number of carbonyl (C=O) groups is 1. The minimum absolute atomic E-state index is 0.115. The van der Waals surface area contributed by atoms with Gasteiger partial charge in [-0.2, -0.15) is 11.3 Å². The maximum atomic E-state index is 12.7. The van der Waals surface area contributed by atoms with E-state index in [0.29, 0.717) is 10.6 Å². The minimum atomic E-state index is -3.38. The molecule has 4 nitrogen and oxygen atoms in total. The van der Waals surface area contributed by atoms with Crippen molar-refractivity contribution in [2.45, 2.75) is 10.9 Å². The second kappa shape index (κ2) is 7.61. The molecule has 0 aliphatic heterocycles. The standard InChI is InChI=1S/C19H16ClNO3S2/c1-26(23,24)17-4-2-3-14(11-17)19(22)21-18(15-9-10-25-12-15)13-5-7-16(20)8-6-13/h2-12,18H,1H3,(H,21,22). The number of thiophene rings is 1. The van der Waals surface area contributed by atoms with Gasteiger partial charge in [-0.15, -0.1) is 0 Å². The fraction of sp³-hybridized carbons (Fsp3) is 0.105. The topological polar surface area (TPSA) is 63.2 Å². The van der Waals surface area contributed by atoms with Gasteiger partial charge in [0.05, 0.1) is 10.9 Å². The molecule has 1 amide bonds. The highest BCUT2D eigenvalue weighted by molar-refractivity contribution is 7.90. The first kappa shape index (κ1) is 18.6. The van der Waals surface area contributed by atoms with Crippen LogP contribution in [0.2, 0.25) is 5.02 Å². The SMILES string of the molecule is CS(=O)(=O)c1cccc(C(=O)NC(c2ccc(Cl)cc2)c2ccsc2)c1. The first-order valence-corrected chi connectivity index (χ1v) is 10.9. The summed E-state index contributed by atoms with van der Waals surface area (Å²) in [5, 5.41) is 7.50. The Balaban J connectivity index is 1.92. The van der Waals surface area contributed by atoms with Gasteiger partial charge in [0.1, 0.15) is 0 Å². The number of sulfone groups is 1. The molecule has 1 unspecified atom stereocenters. The number of hydrogen-bond acceptors (Lipinski definition) is 4. The van der Waals surface area contributed by atoms with Crippen LogP contribution >= 0.6 is 22.9 Å². The van der Waals surface area contributed by atoms with E-state index < -0.39 is 9.84 Å². The van der Waals surface area contributed by atoms with Crippen molar-refractivity contribution in [2.75, 3.05) is 6.26 Å². The number of rotatable bonds is 5. The molecule has 134 valence electrons. The molecule has 0 radical (unpaired) electrons. The summed E-state index contributed by atoms with van der Waals surface area (Å²) in [6.45, 7) is 0. The molecule has 0 aliphatic carbocycles. The molecule has 0 fully saturated rings. The van der Waals surface area contributed by atoms with E-state index in [2.05, 4.69) is 5.32 Å². The maximum absolute atomic E-state index is 12.7. The Bertz CT molecular complexity index is 1010. The first-order valence-electron chi connectivity index (χ1n) is 7.73. The Morgan fingerprint density at radius 1 is 1.08 bits per heavy atom. The number of carbonyl (C=O) groups excluding carboxylic acids is 1. The van der Waals surface area contributed by atoms with Crippen LogP contribution in [-0.4, -0.2) is 20.6 Å². The largest absolute Gasteiger partial charge is 0.341 e. The zero-order valence-electron chi connectivity index (χ0n) is 13.8. The van der Waals surface area contributed by atoms with Gasteiger partial charge in [0.25, 0.3) is 5.91 Å². The van der Waals surface area contributed by atoms with Gasteiger partial charge in [0.15, 0.2) is 9.84 Å². The number of halogens is 1. The van der Waals surface area contributed by atoms with Crippen molar-refractivity contribution in [3.63, 3.8) is 0 Å². The summed E-state index contributed by atoms with van der Waals surface area (Å²) in [7, 11) is -3.38. The molecule has 1 heterocycles. The Hall–Kier alpha value is -2.15. The van der Waals surface area contributed by atoms with E-state index in [1.165, 1.54) is 23.5 Å². The van der Waals surface area contributed by atoms with Gasteiger partial charge in [0.2, 0.25) is 0 Å². The molecule has 0 aliphatic rings. The van der Waals surface area contributed by atoms with Crippen LogP contribution in [0.4, 0.5) is 0 Å². The molecule has 1 aromatic heterocycles. The number of hydrogen-bond donors (Lipinski definition) is 1. The van der Waals surface area contributed by atoms with Crippen LogP contribution in [0.15, 0.2) is 70.3 Å². The normalized spacial score (nSPS) is 12.5. The van der Waals surface area contributed by atoms with Crippen LogP contribution in [0.25, 0.3) is 0 Å². The smallest absolute Gasteiger partial charge is 0.252 e. The highest BCUT2D eigenvalue weighted by Gasteiger charge is 2.19. The molecule has 0 saturated heterocycles. The Morgan fingerprint density at radius 3 is 2.42 bits per heavy atom. The zero-order chi connectivity index (χ0) is 18.7. The van der Waals surface area contributed by atoms with Crippen LogP contribution in [0, 0.1) is 0 Å². The molecular weight excluding hydrogens is 390 g/mol. The monoisotopic (exact) mass is 405 g/mol. The Morgan fingerprint density at radius 2 is 1.81 bits per heavy atom. The highest BCUT2D eigenvalue weighted by Crippen LogP contribution is 2.26. The summed E-state index contributed by atoms with van der Waals surface area (Å²) >= 11 is 7.50. The molecule has 1 N–H and O–H groups in total. The lowest BCUT2D eigenvalue weighted by Crippen LogP contribution is -2.29. The van der Waals surface area contributed by atoms with Crippen LogP contribution in [0.5, 0.6) is 0 Å². The molecule has 0 saturated carbocycles. The Kier molecular flexibility index (Phi) is 5.46. The predicted molar refractivity (Wildman–Crippen MR) is 105 cm³/mol. The zero-order valence-corrected chi connectivity index (χ0v) is 16.2. The third-order valence-electron chi connectivity index (χ3n) is 3.88. The quantitative estimate of drug-likeness (QED) is 0.687. The summed E-state index contributed by atoms with van der Waals surface area (Å²) in [6.07, 6.45) is 1.12. The van der Waals surface area contributed by atoms with Gasteiger partial charge in [-0.25, -0.2) is 8.42 Å². The first-order chi connectivity index (χ1) is 12.3. The fourth-order valence-electron chi connectivity index (χ4n) is 2.54. The molecule has 0 bridgehead atoms. The second-order valence-corrected chi connectivity index (χ2v) is 9.05. The van der Waals surface area contributed by atoms with Crippen molar-refractivity contribution in [1.29, 1.82) is 0 Å². The van der Waals surface area contributed by atoms with E-state index in [1.807, 2.05) is 29.0 Å². The maximum Gasteiger partial charge on any atom is 0.252 e. The lowest BCUT2D eigenvalue weighted by molar-refractivity contribution is 0.0943. The van der Waals surface area contributed by atoms with E-state index in [1.54, 1.807) is 24.3 Å². The van der Waals surface area contributed by atoms with Gasteiger partial charge in [-0.1, -0.05) is 29.8 Å². The van der Waals surface area contributed by atoms with E-state index in [4.69, 9.17) is 11.6 Å². The summed E-state index contributed by atoms with van der Waals surface area (Å²) in [6, 6.07) is 14.9. The summed E-state index contributed by atoms with van der Waals surface area (Å²) in [5.74, 6) is -0.346. The van der Waals surface area contributed by atoms with Crippen LogP contribution in [0.1, 0.15) is 27.5 Å². The molecule has 1 atom stereocenters. The van der Waals surface area contributed by atoms with E-state index in [0.717, 1.165) is 17.4 Å². The third kappa shape index (κ3) is 4.33. The van der Waals surface area contributed by atoms with Gasteiger partial charge in [-0.05, 0) is 58.3 Å². The molecule has 2 aromatic carbocycles. The van der Waals surface area contributed by atoms with Gasteiger partial charge >= 0.3 is 0 Å². The molecule has 3 rings (SSSR count). The van der Waals surface area contributed by atoms with E-state index >= 15 is 0 Å². The molecule has 0 spiro atoms. The van der Waals surface area contributed by atoms with E-state index in [9.17, 15) is 13.2 Å². The second-order valence-electron chi connectivity index (χ2n) is 5.81. The summed E-state index contributed by atoms with van der Waals surface area (Å²) in [5.41, 5.74) is 2.13. The average Bonchev–Trinajstić information content (AvgIpc) is 3.14. The third-order valence-corrected chi connectivity index (χ3v) is 5.94. The van der Waals surface area contributed by atoms with Gasteiger partial charge < -0.3 is 5.32 Å². The van der Waals surface area contributed by atoms with Crippen molar-refractivity contribution >= 4 is 38.7 Å². The van der Waals surface area contributed by atoms with Crippen molar-refractivity contribution in [3.05, 3.63) is 87.1 Å². The molecule has 3 aromatic rings. The number of nitrogens with one attached hydrogen (secondary N) is 1. The van der Waals surface area contributed by atoms with Gasteiger partial charge in [-0.3, -0.25) is 4.79 Å². The van der Waals surface area contributed by atoms with Crippen molar-refractivity contribution < 1.29 is 13.2 Å². The summed E-state index contributed by atoms with van der Waals surface area (Å²) in [4.78, 5) is 12.9. The molecule has 26 heavy (non-hydrogen) atoms. The Labute approximate surface area is 161 Å². The van der Waals surface area contributed by atoms with Crippen LogP contribution in [0.3, 0.4) is 0 Å². The lowest BCUT2D eigenvalue weighted by atomic mass is 10.0. The molecular formula is C19H16ClNO3S2. The van der Waals surface area contributed by atoms with Gasteiger partial charge in [0, 0.05) is 16.8 Å². The van der Waals surface area contributed by atoms with Crippen LogP contribution < -0.4 is 5.32 Å². The van der Waals surface area contributed by atoms with Crippen molar-refractivity contribution in [2.24, 2.45) is 0 Å². The number of benzene rings is 2. The highest BCUT2D eigenvalue weighted by atomic mass is 35.5. The predicted octanol–water partition coefficient (Wildman–Crippen LogP) is 4.32. The summed E-state index contributed by atoms with van der Waals surface area (Å²) < 4.78 is 23.5. The number of amides is 1. The lowest BCUT2D eigenvalue weighted by Gasteiger charge is -2.19. The fourth-order valence-corrected chi connectivity index (χ4v) is 4.01. The van der Waals surface area contributed by atoms with E-state index in [-0.39, 0.29) is 16.8 Å². The minimum Gasteiger partial charge on any atom is -0.341 e. The average molecular weight is 406 g/mol.